The van der Waals surface area contributed by atoms with Gasteiger partial charge in [-0.1, -0.05) is 37.3 Å². The molecule has 2 aromatic carbocycles. The number of benzene rings is 2. The summed E-state index contributed by atoms with van der Waals surface area (Å²) < 4.78 is 5.75. The molecule has 0 saturated heterocycles. The fourth-order valence-electron chi connectivity index (χ4n) is 2.31. The molecule has 0 radical (unpaired) electrons. The van der Waals surface area contributed by atoms with Gasteiger partial charge in [-0.05, 0) is 30.7 Å². The number of para-hydroxylation sites is 3. The van der Waals surface area contributed by atoms with Crippen LogP contribution in [0, 0.1) is 0 Å². The minimum absolute atomic E-state index is 0.00704. The minimum Gasteiger partial charge on any atom is -0.478 e. The molecule has 3 rings (SSSR count). The standard InChI is InChI=1S/C16H15NO2/c1-2-14-16(18)17(12-8-4-3-5-9-12)13-10-6-7-11-15(13)19-14/h3-11,14H,2H2,1H3. The summed E-state index contributed by atoms with van der Waals surface area (Å²) in [6.45, 7) is 1.96. The van der Waals surface area contributed by atoms with Crippen molar-refractivity contribution in [3.8, 4) is 5.75 Å². The molecule has 2 aromatic rings. The van der Waals surface area contributed by atoms with Gasteiger partial charge in [0.05, 0.1) is 5.69 Å². The van der Waals surface area contributed by atoms with Crippen LogP contribution in [0.2, 0.25) is 0 Å². The number of nitrogens with zero attached hydrogens (tertiary/aromatic N) is 1. The average Bonchev–Trinajstić information content (AvgIpc) is 2.47. The maximum Gasteiger partial charge on any atom is 0.272 e. The zero-order valence-corrected chi connectivity index (χ0v) is 10.7. The summed E-state index contributed by atoms with van der Waals surface area (Å²) in [7, 11) is 0. The van der Waals surface area contributed by atoms with Gasteiger partial charge in [-0.25, -0.2) is 0 Å². The van der Waals surface area contributed by atoms with Gasteiger partial charge in [0.15, 0.2) is 6.10 Å². The zero-order chi connectivity index (χ0) is 13.2. The Morgan fingerprint density at radius 2 is 1.74 bits per heavy atom. The van der Waals surface area contributed by atoms with Gasteiger partial charge >= 0.3 is 0 Å². The van der Waals surface area contributed by atoms with E-state index in [1.165, 1.54) is 0 Å². The predicted octanol–water partition coefficient (Wildman–Crippen LogP) is 3.52. The molecule has 0 aliphatic carbocycles. The second kappa shape index (κ2) is 4.76. The summed E-state index contributed by atoms with van der Waals surface area (Å²) in [4.78, 5) is 14.3. The first-order valence-electron chi connectivity index (χ1n) is 6.46. The zero-order valence-electron chi connectivity index (χ0n) is 10.7. The molecule has 1 heterocycles. The van der Waals surface area contributed by atoms with Crippen LogP contribution in [0.5, 0.6) is 5.75 Å². The van der Waals surface area contributed by atoms with Crippen LogP contribution < -0.4 is 9.64 Å². The summed E-state index contributed by atoms with van der Waals surface area (Å²) in [6.07, 6.45) is 0.256. The molecule has 1 aliphatic rings. The van der Waals surface area contributed by atoms with Gasteiger partial charge in [0.25, 0.3) is 5.91 Å². The van der Waals surface area contributed by atoms with E-state index in [0.29, 0.717) is 6.42 Å². The van der Waals surface area contributed by atoms with Crippen molar-refractivity contribution < 1.29 is 9.53 Å². The van der Waals surface area contributed by atoms with Crippen LogP contribution in [0.4, 0.5) is 11.4 Å². The molecule has 96 valence electrons. The highest BCUT2D eigenvalue weighted by atomic mass is 16.5. The lowest BCUT2D eigenvalue weighted by Gasteiger charge is -2.34. The van der Waals surface area contributed by atoms with Crippen molar-refractivity contribution in [1.82, 2.24) is 0 Å². The van der Waals surface area contributed by atoms with Crippen LogP contribution in [-0.4, -0.2) is 12.0 Å². The number of hydrogen-bond donors (Lipinski definition) is 0. The fourth-order valence-corrected chi connectivity index (χ4v) is 2.31. The Bertz CT molecular complexity index is 595. The van der Waals surface area contributed by atoms with Crippen LogP contribution >= 0.6 is 0 Å². The topological polar surface area (TPSA) is 29.5 Å². The van der Waals surface area contributed by atoms with Gasteiger partial charge in [-0.15, -0.1) is 0 Å². The van der Waals surface area contributed by atoms with Gasteiger partial charge < -0.3 is 4.74 Å². The minimum atomic E-state index is -0.407. The van der Waals surface area contributed by atoms with Crippen LogP contribution in [0.3, 0.4) is 0 Å². The molecule has 0 N–H and O–H groups in total. The Balaban J connectivity index is 2.13. The van der Waals surface area contributed by atoms with E-state index in [2.05, 4.69) is 0 Å². The summed E-state index contributed by atoms with van der Waals surface area (Å²) in [5.74, 6) is 0.755. The molecule has 1 unspecified atom stereocenters. The lowest BCUT2D eigenvalue weighted by molar-refractivity contribution is -0.125. The Labute approximate surface area is 112 Å². The van der Waals surface area contributed by atoms with E-state index in [0.717, 1.165) is 17.1 Å². The first-order valence-corrected chi connectivity index (χ1v) is 6.46. The second-order valence-corrected chi connectivity index (χ2v) is 4.49. The Morgan fingerprint density at radius 1 is 1.05 bits per heavy atom. The van der Waals surface area contributed by atoms with Crippen molar-refractivity contribution in [1.29, 1.82) is 0 Å². The van der Waals surface area contributed by atoms with E-state index < -0.39 is 6.10 Å². The van der Waals surface area contributed by atoms with E-state index in [1.54, 1.807) is 4.90 Å². The molecular formula is C16H15NO2. The maximum absolute atomic E-state index is 12.5. The Morgan fingerprint density at radius 3 is 2.47 bits per heavy atom. The third kappa shape index (κ3) is 1.97. The number of anilines is 2. The number of hydrogen-bond acceptors (Lipinski definition) is 2. The molecule has 0 saturated carbocycles. The van der Waals surface area contributed by atoms with Crippen molar-refractivity contribution in [2.24, 2.45) is 0 Å². The normalized spacial score (nSPS) is 17.8. The third-order valence-corrected chi connectivity index (χ3v) is 3.26. The molecule has 0 fully saturated rings. The van der Waals surface area contributed by atoms with E-state index in [9.17, 15) is 4.79 Å². The van der Waals surface area contributed by atoms with Crippen LogP contribution in [0.15, 0.2) is 54.6 Å². The summed E-state index contributed by atoms with van der Waals surface area (Å²) >= 11 is 0. The first-order chi connectivity index (χ1) is 9.31. The summed E-state index contributed by atoms with van der Waals surface area (Å²) in [6, 6.07) is 17.3. The highest BCUT2D eigenvalue weighted by Crippen LogP contribution is 2.38. The predicted molar refractivity (Wildman–Crippen MR) is 74.7 cm³/mol. The highest BCUT2D eigenvalue weighted by Gasteiger charge is 2.33. The van der Waals surface area contributed by atoms with Crippen molar-refractivity contribution >= 4 is 17.3 Å². The molecule has 0 spiro atoms. The quantitative estimate of drug-likeness (QED) is 0.819. The molecule has 1 atom stereocenters. The molecule has 1 aliphatic heterocycles. The average molecular weight is 253 g/mol. The van der Waals surface area contributed by atoms with Gasteiger partial charge in [0.2, 0.25) is 0 Å². The van der Waals surface area contributed by atoms with Crippen molar-refractivity contribution in [2.75, 3.05) is 4.90 Å². The Hall–Kier alpha value is -2.29. The van der Waals surface area contributed by atoms with E-state index in [4.69, 9.17) is 4.74 Å². The van der Waals surface area contributed by atoms with Crippen molar-refractivity contribution in [3.05, 3.63) is 54.6 Å². The number of rotatable bonds is 2. The molecule has 3 nitrogen and oxygen atoms in total. The smallest absolute Gasteiger partial charge is 0.272 e. The number of carbonyl (C=O) groups is 1. The van der Waals surface area contributed by atoms with Gasteiger partial charge in [0.1, 0.15) is 5.75 Å². The lowest BCUT2D eigenvalue weighted by Crippen LogP contribution is -2.42. The molecule has 19 heavy (non-hydrogen) atoms. The number of amides is 1. The Kier molecular flexibility index (Phi) is 2.95. The molecule has 3 heteroatoms. The van der Waals surface area contributed by atoms with Crippen LogP contribution in [0.25, 0.3) is 0 Å². The second-order valence-electron chi connectivity index (χ2n) is 4.49. The largest absolute Gasteiger partial charge is 0.478 e. The van der Waals surface area contributed by atoms with Crippen molar-refractivity contribution in [3.63, 3.8) is 0 Å². The maximum atomic E-state index is 12.5. The van der Waals surface area contributed by atoms with E-state index in [1.807, 2.05) is 61.5 Å². The van der Waals surface area contributed by atoms with Gasteiger partial charge in [-0.3, -0.25) is 9.69 Å². The van der Waals surface area contributed by atoms with Crippen LogP contribution in [-0.2, 0) is 4.79 Å². The van der Waals surface area contributed by atoms with Gasteiger partial charge in [-0.2, -0.15) is 0 Å². The monoisotopic (exact) mass is 253 g/mol. The molecule has 0 bridgehead atoms. The first kappa shape index (κ1) is 11.8. The number of ether oxygens (including phenoxy) is 1. The molecule has 1 amide bonds. The van der Waals surface area contributed by atoms with Crippen LogP contribution in [0.1, 0.15) is 13.3 Å². The number of carbonyl (C=O) groups excluding carboxylic acids is 1. The van der Waals surface area contributed by atoms with E-state index >= 15 is 0 Å². The SMILES string of the molecule is CCC1Oc2ccccc2N(c2ccccc2)C1=O. The summed E-state index contributed by atoms with van der Waals surface area (Å²) in [5.41, 5.74) is 1.69. The summed E-state index contributed by atoms with van der Waals surface area (Å²) in [5, 5.41) is 0. The lowest BCUT2D eigenvalue weighted by atomic mass is 10.1. The number of fused-ring (bicyclic) bond motifs is 1. The fraction of sp³-hybridized carbons (Fsp3) is 0.188. The molecule has 0 aromatic heterocycles. The van der Waals surface area contributed by atoms with E-state index in [-0.39, 0.29) is 5.91 Å². The third-order valence-electron chi connectivity index (χ3n) is 3.26. The van der Waals surface area contributed by atoms with Gasteiger partial charge in [0, 0.05) is 5.69 Å². The molecular weight excluding hydrogens is 238 g/mol. The highest BCUT2D eigenvalue weighted by molar-refractivity contribution is 6.05. The van der Waals surface area contributed by atoms with Crippen molar-refractivity contribution in [2.45, 2.75) is 19.4 Å².